The summed E-state index contributed by atoms with van der Waals surface area (Å²) in [4.78, 5) is 2.21. The highest BCUT2D eigenvalue weighted by Gasteiger charge is 2.39. The Morgan fingerprint density at radius 3 is 2.35 bits per heavy atom. The van der Waals surface area contributed by atoms with Crippen LogP contribution in [0.3, 0.4) is 0 Å². The fourth-order valence-electron chi connectivity index (χ4n) is 3.29. The summed E-state index contributed by atoms with van der Waals surface area (Å²) in [6, 6.07) is 9.44. The molecule has 1 atom stereocenters. The van der Waals surface area contributed by atoms with E-state index in [0.717, 1.165) is 42.7 Å². The molecule has 3 aromatic rings. The van der Waals surface area contributed by atoms with Gasteiger partial charge in [-0.2, -0.15) is 13.2 Å². The van der Waals surface area contributed by atoms with Gasteiger partial charge in [-0.3, -0.25) is 0 Å². The van der Waals surface area contributed by atoms with Crippen molar-refractivity contribution >= 4 is 16.7 Å². The van der Waals surface area contributed by atoms with Gasteiger partial charge in [-0.1, -0.05) is 24.3 Å². The van der Waals surface area contributed by atoms with Crippen molar-refractivity contribution in [2.24, 2.45) is 0 Å². The molecule has 1 fully saturated rings. The van der Waals surface area contributed by atoms with Crippen LogP contribution < -0.4 is 4.90 Å². The lowest BCUT2D eigenvalue weighted by molar-refractivity contribution is -0.206. The van der Waals surface area contributed by atoms with Gasteiger partial charge in [-0.25, -0.2) is 4.63 Å². The summed E-state index contributed by atoms with van der Waals surface area (Å²) < 4.78 is 42.8. The van der Waals surface area contributed by atoms with Crippen molar-refractivity contribution in [2.45, 2.75) is 25.1 Å². The molecule has 0 bridgehead atoms. The van der Waals surface area contributed by atoms with Crippen molar-refractivity contribution in [3.05, 3.63) is 42.0 Å². The van der Waals surface area contributed by atoms with Crippen molar-refractivity contribution in [1.82, 2.24) is 10.3 Å². The topological polar surface area (TPSA) is 62.4 Å². The Morgan fingerprint density at radius 2 is 1.69 bits per heavy atom. The second-order valence-electron chi connectivity index (χ2n) is 6.39. The minimum absolute atomic E-state index is 0.190. The van der Waals surface area contributed by atoms with Crippen molar-refractivity contribution in [3.63, 3.8) is 0 Å². The van der Waals surface area contributed by atoms with Crippen LogP contribution in [0.25, 0.3) is 22.2 Å². The van der Waals surface area contributed by atoms with Crippen LogP contribution in [0.4, 0.5) is 18.9 Å². The van der Waals surface area contributed by atoms with Crippen molar-refractivity contribution in [3.8, 4) is 11.1 Å². The summed E-state index contributed by atoms with van der Waals surface area (Å²) in [5.41, 5.74) is 3.54. The second-order valence-corrected chi connectivity index (χ2v) is 6.39. The Balaban J connectivity index is 1.72. The van der Waals surface area contributed by atoms with E-state index >= 15 is 0 Å². The zero-order valence-electron chi connectivity index (χ0n) is 13.7. The van der Waals surface area contributed by atoms with E-state index in [1.165, 1.54) is 12.1 Å². The number of hydrogen-bond acceptors (Lipinski definition) is 5. The van der Waals surface area contributed by atoms with Gasteiger partial charge in [0, 0.05) is 13.1 Å². The molecule has 1 unspecified atom stereocenters. The van der Waals surface area contributed by atoms with Gasteiger partial charge < -0.3 is 10.0 Å². The highest BCUT2D eigenvalue weighted by molar-refractivity contribution is 5.92. The number of alkyl halides is 3. The third kappa shape index (κ3) is 3.01. The molecular weight excluding hydrogens is 347 g/mol. The summed E-state index contributed by atoms with van der Waals surface area (Å²) in [7, 11) is 0. The maximum absolute atomic E-state index is 12.6. The normalized spacial score (nSPS) is 16.4. The predicted octanol–water partition coefficient (Wildman–Crippen LogP) is 4.09. The van der Waals surface area contributed by atoms with Crippen molar-refractivity contribution in [2.75, 3.05) is 18.0 Å². The number of aliphatic hydroxyl groups is 1. The van der Waals surface area contributed by atoms with Crippen molar-refractivity contribution in [1.29, 1.82) is 0 Å². The molecule has 0 aliphatic carbocycles. The number of hydrogen-bond donors (Lipinski definition) is 1. The maximum Gasteiger partial charge on any atom is 0.418 e. The van der Waals surface area contributed by atoms with E-state index in [1.807, 2.05) is 6.07 Å². The smallest absolute Gasteiger partial charge is 0.379 e. The average Bonchev–Trinajstić information content (AvgIpc) is 3.31. The molecule has 26 heavy (non-hydrogen) atoms. The van der Waals surface area contributed by atoms with Gasteiger partial charge in [0.1, 0.15) is 5.52 Å². The van der Waals surface area contributed by atoms with Crippen LogP contribution in [0.5, 0.6) is 0 Å². The first-order chi connectivity index (χ1) is 12.4. The first-order valence-electron chi connectivity index (χ1n) is 8.30. The van der Waals surface area contributed by atoms with Crippen LogP contribution in [-0.4, -0.2) is 34.7 Å². The maximum atomic E-state index is 12.6. The van der Waals surface area contributed by atoms with E-state index in [1.54, 1.807) is 18.2 Å². The van der Waals surface area contributed by atoms with E-state index in [2.05, 4.69) is 15.2 Å². The molecule has 4 rings (SSSR count). The molecule has 5 nitrogen and oxygen atoms in total. The highest BCUT2D eigenvalue weighted by atomic mass is 19.4. The predicted molar refractivity (Wildman–Crippen MR) is 89.7 cm³/mol. The van der Waals surface area contributed by atoms with E-state index in [0.29, 0.717) is 11.0 Å². The fourth-order valence-corrected chi connectivity index (χ4v) is 3.29. The van der Waals surface area contributed by atoms with Crippen LogP contribution >= 0.6 is 0 Å². The zero-order valence-corrected chi connectivity index (χ0v) is 13.7. The Labute approximate surface area is 147 Å². The second kappa shape index (κ2) is 6.28. The number of benzene rings is 2. The first kappa shape index (κ1) is 16.8. The summed E-state index contributed by atoms with van der Waals surface area (Å²) in [6.07, 6.45) is -4.98. The molecule has 0 spiro atoms. The summed E-state index contributed by atoms with van der Waals surface area (Å²) in [6.45, 7) is 1.84. The quantitative estimate of drug-likeness (QED) is 0.760. The molecule has 1 saturated heterocycles. The lowest BCUT2D eigenvalue weighted by Gasteiger charge is -2.19. The molecular formula is C18H16F3N3O2. The monoisotopic (exact) mass is 363 g/mol. The van der Waals surface area contributed by atoms with Gasteiger partial charge in [-0.05, 0) is 52.0 Å². The van der Waals surface area contributed by atoms with Crippen LogP contribution in [-0.2, 0) is 0 Å². The zero-order chi connectivity index (χ0) is 18.3. The Morgan fingerprint density at radius 1 is 1.00 bits per heavy atom. The molecule has 0 radical (unpaired) electrons. The molecule has 2 aromatic carbocycles. The van der Waals surface area contributed by atoms with E-state index in [4.69, 9.17) is 4.63 Å². The van der Waals surface area contributed by atoms with Gasteiger partial charge >= 0.3 is 6.18 Å². The van der Waals surface area contributed by atoms with Gasteiger partial charge in [0.05, 0.1) is 5.69 Å². The molecule has 0 amide bonds. The van der Waals surface area contributed by atoms with Gasteiger partial charge in [0.15, 0.2) is 11.6 Å². The highest BCUT2D eigenvalue weighted by Crippen LogP contribution is 2.36. The van der Waals surface area contributed by atoms with Crippen LogP contribution in [0.2, 0.25) is 0 Å². The largest absolute Gasteiger partial charge is 0.418 e. The molecule has 8 heteroatoms. The Kier molecular flexibility index (Phi) is 4.07. The van der Waals surface area contributed by atoms with E-state index in [9.17, 15) is 18.3 Å². The van der Waals surface area contributed by atoms with Crippen LogP contribution in [0.1, 0.15) is 24.5 Å². The van der Waals surface area contributed by atoms with Crippen molar-refractivity contribution < 1.29 is 22.9 Å². The van der Waals surface area contributed by atoms with E-state index < -0.39 is 12.3 Å². The van der Waals surface area contributed by atoms with Crippen LogP contribution in [0, 0.1) is 0 Å². The first-order valence-corrected chi connectivity index (χ1v) is 8.30. The van der Waals surface area contributed by atoms with Crippen LogP contribution in [0.15, 0.2) is 41.0 Å². The summed E-state index contributed by atoms with van der Waals surface area (Å²) in [5.74, 6) is 0. The van der Waals surface area contributed by atoms with Gasteiger partial charge in [-0.15, -0.1) is 0 Å². The van der Waals surface area contributed by atoms with Gasteiger partial charge in [0.2, 0.25) is 0 Å². The minimum atomic E-state index is -4.68. The molecule has 0 saturated carbocycles. The summed E-state index contributed by atoms with van der Waals surface area (Å²) >= 11 is 0. The van der Waals surface area contributed by atoms with E-state index in [-0.39, 0.29) is 5.56 Å². The molecule has 1 aliphatic rings. The SMILES string of the molecule is OC(c1ccc(-c2cc(N3CCCC3)c3nonc3c2)cc1)C(F)(F)F. The number of rotatable bonds is 3. The molecule has 2 heterocycles. The number of anilines is 1. The lowest BCUT2D eigenvalue weighted by atomic mass is 10.0. The molecule has 1 aromatic heterocycles. The number of aliphatic hydroxyl groups excluding tert-OH is 1. The third-order valence-corrected chi connectivity index (χ3v) is 4.66. The minimum Gasteiger partial charge on any atom is -0.379 e. The fraction of sp³-hybridized carbons (Fsp3) is 0.333. The lowest BCUT2D eigenvalue weighted by Crippen LogP contribution is -2.20. The number of fused-ring (bicyclic) bond motifs is 1. The van der Waals surface area contributed by atoms with Gasteiger partial charge in [0.25, 0.3) is 0 Å². The number of nitrogens with zero attached hydrogens (tertiary/aromatic N) is 3. The average molecular weight is 363 g/mol. The third-order valence-electron chi connectivity index (χ3n) is 4.66. The summed E-state index contributed by atoms with van der Waals surface area (Å²) in [5, 5.41) is 17.2. The standard InChI is InChI=1S/C18H16F3N3O2/c19-18(20,21)17(25)12-5-3-11(4-6-12)13-9-14-16(23-26-22-14)15(10-13)24-7-1-2-8-24/h3-6,9-10,17,25H,1-2,7-8H2. The molecule has 1 aliphatic heterocycles. The number of aromatic nitrogens is 2. The molecule has 136 valence electrons. The Bertz CT molecular complexity index is 916. The Hall–Kier alpha value is -2.61. The molecule has 1 N–H and O–H groups in total. The number of halogens is 3.